The van der Waals surface area contributed by atoms with Crippen LogP contribution in [0.15, 0.2) is 57.2 Å². The first-order valence-electron chi connectivity index (χ1n) is 5.95. The molecule has 0 saturated carbocycles. The second-order valence-electron chi connectivity index (χ2n) is 4.43. The molecule has 21 heavy (non-hydrogen) atoms. The average molecular weight is 322 g/mol. The number of amides is 1. The molecular weight excluding hydrogens is 308 g/mol. The van der Waals surface area contributed by atoms with Crippen LogP contribution in [0.2, 0.25) is 0 Å². The molecule has 2 rings (SSSR count). The number of carbonyl (C=O) groups excluding carboxylic acids is 1. The van der Waals surface area contributed by atoms with E-state index in [0.717, 1.165) is 11.2 Å². The Hall–Kier alpha value is -1.99. The van der Waals surface area contributed by atoms with Crippen molar-refractivity contribution in [3.8, 4) is 0 Å². The highest BCUT2D eigenvalue weighted by atomic mass is 32.2. The molecule has 0 saturated heterocycles. The van der Waals surface area contributed by atoms with Crippen LogP contribution < -0.4 is 11.5 Å². The van der Waals surface area contributed by atoms with Gasteiger partial charge in [0.05, 0.1) is 16.1 Å². The molecule has 0 spiro atoms. The fraction of sp³-hybridized carbons (Fsp3) is 0.0714. The van der Waals surface area contributed by atoms with Crippen molar-refractivity contribution in [2.24, 2.45) is 5.73 Å². The third kappa shape index (κ3) is 3.56. The first-order valence-corrected chi connectivity index (χ1v) is 8.66. The molecule has 0 atom stereocenters. The van der Waals surface area contributed by atoms with Gasteiger partial charge in [0.2, 0.25) is 0 Å². The highest BCUT2D eigenvalue weighted by Crippen LogP contribution is 2.34. The summed E-state index contributed by atoms with van der Waals surface area (Å²) in [5, 5.41) is 0. The monoisotopic (exact) mass is 322 g/mol. The third-order valence-electron chi connectivity index (χ3n) is 2.81. The number of nitrogens with two attached hydrogens (primary N) is 2. The first-order chi connectivity index (χ1) is 9.79. The van der Waals surface area contributed by atoms with E-state index >= 15 is 0 Å². The molecule has 0 heterocycles. The molecule has 2 aromatic carbocycles. The zero-order valence-electron chi connectivity index (χ0n) is 11.2. The van der Waals surface area contributed by atoms with E-state index in [-0.39, 0.29) is 10.5 Å². The van der Waals surface area contributed by atoms with E-state index in [2.05, 4.69) is 0 Å². The van der Waals surface area contributed by atoms with Gasteiger partial charge < -0.3 is 11.5 Å². The molecule has 0 aliphatic carbocycles. The van der Waals surface area contributed by atoms with Crippen molar-refractivity contribution in [1.82, 2.24) is 0 Å². The standard InChI is InChI=1S/C14H14N2O3S2/c1-21(18,19)10-7-5-9(6-8-10)20-12-4-2-3-11(13(12)15)14(16)17/h2-8H,15H2,1H3,(H2,16,17). The summed E-state index contributed by atoms with van der Waals surface area (Å²) < 4.78 is 22.8. The molecule has 7 heteroatoms. The number of anilines is 1. The number of nitrogen functional groups attached to an aromatic ring is 1. The lowest BCUT2D eigenvalue weighted by Gasteiger charge is -2.08. The lowest BCUT2D eigenvalue weighted by atomic mass is 10.2. The Kier molecular flexibility index (Phi) is 4.24. The van der Waals surface area contributed by atoms with Crippen LogP contribution in [0.5, 0.6) is 0 Å². The maximum absolute atomic E-state index is 11.4. The lowest BCUT2D eigenvalue weighted by Crippen LogP contribution is -2.13. The SMILES string of the molecule is CS(=O)(=O)c1ccc(Sc2cccc(C(N)=O)c2N)cc1. The number of sulfone groups is 1. The molecule has 0 unspecified atom stereocenters. The van der Waals surface area contributed by atoms with Gasteiger partial charge in [-0.25, -0.2) is 8.42 Å². The van der Waals surface area contributed by atoms with E-state index in [1.165, 1.54) is 23.9 Å². The minimum Gasteiger partial charge on any atom is -0.397 e. The minimum absolute atomic E-state index is 0.255. The number of para-hydroxylation sites is 1. The molecule has 0 aliphatic heterocycles. The van der Waals surface area contributed by atoms with Crippen molar-refractivity contribution in [2.45, 2.75) is 14.7 Å². The summed E-state index contributed by atoms with van der Waals surface area (Å²) in [6.07, 6.45) is 1.16. The number of primary amides is 1. The van der Waals surface area contributed by atoms with Crippen LogP contribution in [0.1, 0.15) is 10.4 Å². The van der Waals surface area contributed by atoms with Crippen LogP contribution in [-0.2, 0) is 9.84 Å². The summed E-state index contributed by atoms with van der Waals surface area (Å²) in [5.74, 6) is -0.581. The number of rotatable bonds is 4. The van der Waals surface area contributed by atoms with E-state index in [1.807, 2.05) is 0 Å². The fourth-order valence-corrected chi connectivity index (χ4v) is 3.25. The summed E-state index contributed by atoms with van der Waals surface area (Å²) in [5.41, 5.74) is 11.8. The first kappa shape index (κ1) is 15.4. The third-order valence-corrected chi connectivity index (χ3v) is 5.02. The van der Waals surface area contributed by atoms with E-state index in [4.69, 9.17) is 11.5 Å². The van der Waals surface area contributed by atoms with Crippen molar-refractivity contribution < 1.29 is 13.2 Å². The highest BCUT2D eigenvalue weighted by molar-refractivity contribution is 7.99. The zero-order valence-corrected chi connectivity index (χ0v) is 12.9. The van der Waals surface area contributed by atoms with Crippen molar-refractivity contribution in [3.63, 3.8) is 0 Å². The molecule has 0 fully saturated rings. The highest BCUT2D eigenvalue weighted by Gasteiger charge is 2.11. The molecule has 4 N–H and O–H groups in total. The van der Waals surface area contributed by atoms with Gasteiger partial charge >= 0.3 is 0 Å². The van der Waals surface area contributed by atoms with Crippen molar-refractivity contribution in [1.29, 1.82) is 0 Å². The van der Waals surface area contributed by atoms with Gasteiger partial charge in [-0.15, -0.1) is 0 Å². The van der Waals surface area contributed by atoms with E-state index in [9.17, 15) is 13.2 Å². The van der Waals surface area contributed by atoms with Crippen LogP contribution in [0.3, 0.4) is 0 Å². The normalized spacial score (nSPS) is 11.3. The average Bonchev–Trinajstić information content (AvgIpc) is 2.40. The number of carbonyl (C=O) groups is 1. The Morgan fingerprint density at radius 3 is 2.24 bits per heavy atom. The molecule has 110 valence electrons. The minimum atomic E-state index is -3.21. The van der Waals surface area contributed by atoms with Gasteiger partial charge in [0.15, 0.2) is 9.84 Å². The predicted molar refractivity (Wildman–Crippen MR) is 83.0 cm³/mol. The summed E-state index contributed by atoms with van der Waals surface area (Å²) in [6.45, 7) is 0. The molecule has 0 aromatic heterocycles. The summed E-state index contributed by atoms with van der Waals surface area (Å²) in [4.78, 5) is 13.0. The van der Waals surface area contributed by atoms with E-state index in [1.54, 1.807) is 30.3 Å². The second kappa shape index (κ2) is 5.79. The maximum atomic E-state index is 11.4. The lowest BCUT2D eigenvalue weighted by molar-refractivity contribution is 0.100. The molecule has 5 nitrogen and oxygen atoms in total. The van der Waals surface area contributed by atoms with Gasteiger partial charge in [-0.2, -0.15) is 0 Å². The Bertz CT molecular complexity index is 784. The van der Waals surface area contributed by atoms with E-state index < -0.39 is 15.7 Å². The molecule has 0 bridgehead atoms. The van der Waals surface area contributed by atoms with Gasteiger partial charge in [0.25, 0.3) is 5.91 Å². The fourth-order valence-electron chi connectivity index (χ4n) is 1.73. The van der Waals surface area contributed by atoms with Crippen molar-refractivity contribution in [2.75, 3.05) is 12.0 Å². The van der Waals surface area contributed by atoms with Gasteiger partial charge in [0, 0.05) is 16.0 Å². The molecule has 0 aliphatic rings. The largest absolute Gasteiger partial charge is 0.397 e. The number of hydrogen-bond donors (Lipinski definition) is 2. The topological polar surface area (TPSA) is 103 Å². The van der Waals surface area contributed by atoms with Gasteiger partial charge in [0.1, 0.15) is 0 Å². The molecule has 1 amide bonds. The number of benzene rings is 2. The van der Waals surface area contributed by atoms with Gasteiger partial charge in [-0.1, -0.05) is 17.8 Å². The van der Waals surface area contributed by atoms with Crippen LogP contribution in [0, 0.1) is 0 Å². The Balaban J connectivity index is 2.31. The van der Waals surface area contributed by atoms with Gasteiger partial charge in [-0.3, -0.25) is 4.79 Å². The number of hydrogen-bond acceptors (Lipinski definition) is 5. The maximum Gasteiger partial charge on any atom is 0.250 e. The Morgan fingerprint density at radius 1 is 1.10 bits per heavy atom. The van der Waals surface area contributed by atoms with Crippen LogP contribution in [0.4, 0.5) is 5.69 Å². The second-order valence-corrected chi connectivity index (χ2v) is 7.56. The summed E-state index contributed by atoms with van der Waals surface area (Å²) in [6, 6.07) is 11.5. The Morgan fingerprint density at radius 2 is 1.71 bits per heavy atom. The van der Waals surface area contributed by atoms with Crippen LogP contribution in [0.25, 0.3) is 0 Å². The van der Waals surface area contributed by atoms with Gasteiger partial charge in [-0.05, 0) is 36.4 Å². The molecule has 2 aromatic rings. The van der Waals surface area contributed by atoms with Crippen LogP contribution in [-0.4, -0.2) is 20.6 Å². The molecule has 0 radical (unpaired) electrons. The van der Waals surface area contributed by atoms with Crippen LogP contribution >= 0.6 is 11.8 Å². The molecular formula is C14H14N2O3S2. The van der Waals surface area contributed by atoms with Crippen molar-refractivity contribution >= 4 is 33.2 Å². The van der Waals surface area contributed by atoms with Crippen molar-refractivity contribution in [3.05, 3.63) is 48.0 Å². The van der Waals surface area contributed by atoms with E-state index in [0.29, 0.717) is 10.6 Å². The zero-order chi connectivity index (χ0) is 15.6. The summed E-state index contributed by atoms with van der Waals surface area (Å²) >= 11 is 1.34. The quantitative estimate of drug-likeness (QED) is 0.837. The Labute approximate surface area is 127 Å². The summed E-state index contributed by atoms with van der Waals surface area (Å²) in [7, 11) is -3.21. The smallest absolute Gasteiger partial charge is 0.250 e. The predicted octanol–water partition coefficient (Wildman–Crippen LogP) is 1.92.